The molecule has 1 saturated carbocycles. The summed E-state index contributed by atoms with van der Waals surface area (Å²) in [5.41, 5.74) is 7.83. The van der Waals surface area contributed by atoms with Crippen LogP contribution >= 0.6 is 22.6 Å². The third-order valence-electron chi connectivity index (χ3n) is 3.21. The lowest BCUT2D eigenvalue weighted by Gasteiger charge is -2.18. The highest BCUT2D eigenvalue weighted by Gasteiger charge is 2.12. The van der Waals surface area contributed by atoms with Crippen molar-refractivity contribution in [1.29, 1.82) is 0 Å². The highest BCUT2D eigenvalue weighted by molar-refractivity contribution is 14.1. The number of nitrogens with two attached hydrogens (primary N) is 1. The Morgan fingerprint density at radius 3 is 2.44 bits per heavy atom. The van der Waals surface area contributed by atoms with Gasteiger partial charge < -0.3 is 11.1 Å². The highest BCUT2D eigenvalue weighted by Crippen LogP contribution is 2.25. The van der Waals surface area contributed by atoms with Gasteiger partial charge in [-0.1, -0.05) is 25.7 Å². The van der Waals surface area contributed by atoms with Gasteiger partial charge in [0.15, 0.2) is 0 Å². The van der Waals surface area contributed by atoms with Crippen LogP contribution in [0.15, 0.2) is 18.2 Å². The number of nitrogens with one attached hydrogen (secondary N) is 1. The van der Waals surface area contributed by atoms with Crippen molar-refractivity contribution in [2.24, 2.45) is 0 Å². The molecular weight excluding hydrogens is 311 g/mol. The molecule has 3 N–H and O–H groups in total. The smallest absolute Gasteiger partial charge is 0.0479 e. The number of anilines is 2. The third-order valence-corrected chi connectivity index (χ3v) is 4.10. The largest absolute Gasteiger partial charge is 0.399 e. The molecule has 0 bridgehead atoms. The Labute approximate surface area is 111 Å². The molecule has 1 aromatic rings. The van der Waals surface area contributed by atoms with Gasteiger partial charge in [0, 0.05) is 21.0 Å². The second kappa shape index (κ2) is 5.75. The molecule has 88 valence electrons. The van der Waals surface area contributed by atoms with Gasteiger partial charge in [-0.3, -0.25) is 0 Å². The zero-order valence-corrected chi connectivity index (χ0v) is 11.7. The van der Waals surface area contributed by atoms with Crippen LogP contribution in [-0.2, 0) is 0 Å². The lowest BCUT2D eigenvalue weighted by atomic mass is 10.1. The molecule has 2 rings (SSSR count). The zero-order valence-electron chi connectivity index (χ0n) is 9.51. The molecule has 0 amide bonds. The summed E-state index contributed by atoms with van der Waals surface area (Å²) in [4.78, 5) is 0. The quantitative estimate of drug-likeness (QED) is 0.488. The molecule has 1 aromatic carbocycles. The molecule has 0 spiro atoms. The van der Waals surface area contributed by atoms with Gasteiger partial charge in [-0.25, -0.2) is 0 Å². The highest BCUT2D eigenvalue weighted by atomic mass is 127. The summed E-state index contributed by atoms with van der Waals surface area (Å²) in [5, 5.41) is 3.65. The number of nitrogen functional groups attached to an aromatic ring is 1. The normalized spacial score (nSPS) is 18.1. The minimum Gasteiger partial charge on any atom is -0.399 e. The molecule has 0 aliphatic heterocycles. The molecule has 0 aromatic heterocycles. The first-order valence-corrected chi connectivity index (χ1v) is 7.15. The first-order valence-electron chi connectivity index (χ1n) is 6.07. The monoisotopic (exact) mass is 330 g/mol. The number of halogens is 1. The zero-order chi connectivity index (χ0) is 11.4. The van der Waals surface area contributed by atoms with Crippen LogP contribution in [0.3, 0.4) is 0 Å². The molecular formula is C13H19IN2. The maximum absolute atomic E-state index is 5.75. The van der Waals surface area contributed by atoms with Gasteiger partial charge in [-0.05, 0) is 53.6 Å². The van der Waals surface area contributed by atoms with E-state index in [2.05, 4.69) is 34.0 Å². The SMILES string of the molecule is Nc1ccc(NC2CCCCCC2)c(I)c1. The van der Waals surface area contributed by atoms with E-state index in [9.17, 15) is 0 Å². The fourth-order valence-corrected chi connectivity index (χ4v) is 2.99. The van der Waals surface area contributed by atoms with E-state index >= 15 is 0 Å². The third kappa shape index (κ3) is 3.27. The van der Waals surface area contributed by atoms with E-state index in [1.807, 2.05) is 12.1 Å². The van der Waals surface area contributed by atoms with E-state index in [-0.39, 0.29) is 0 Å². The standard InChI is InChI=1S/C13H19IN2/c14-12-9-10(15)7-8-13(12)16-11-5-3-1-2-4-6-11/h7-9,11,16H,1-6,15H2. The number of benzene rings is 1. The Morgan fingerprint density at radius 2 is 1.81 bits per heavy atom. The lowest BCUT2D eigenvalue weighted by molar-refractivity contribution is 0.620. The molecule has 0 atom stereocenters. The molecule has 0 saturated heterocycles. The topological polar surface area (TPSA) is 38.0 Å². The van der Waals surface area contributed by atoms with Crippen molar-refractivity contribution >= 4 is 34.0 Å². The van der Waals surface area contributed by atoms with Gasteiger partial charge in [-0.2, -0.15) is 0 Å². The Hall–Kier alpha value is -0.450. The van der Waals surface area contributed by atoms with Crippen LogP contribution in [-0.4, -0.2) is 6.04 Å². The molecule has 1 fully saturated rings. The fourth-order valence-electron chi connectivity index (χ4n) is 2.29. The molecule has 2 nitrogen and oxygen atoms in total. The summed E-state index contributed by atoms with van der Waals surface area (Å²) in [7, 11) is 0. The second-order valence-corrected chi connectivity index (χ2v) is 5.73. The summed E-state index contributed by atoms with van der Waals surface area (Å²) in [6.07, 6.45) is 8.14. The van der Waals surface area contributed by atoms with E-state index in [1.54, 1.807) is 0 Å². The summed E-state index contributed by atoms with van der Waals surface area (Å²) in [5.74, 6) is 0. The summed E-state index contributed by atoms with van der Waals surface area (Å²) in [6.45, 7) is 0. The van der Waals surface area contributed by atoms with Gasteiger partial charge >= 0.3 is 0 Å². The second-order valence-electron chi connectivity index (χ2n) is 4.57. The number of rotatable bonds is 2. The Bertz CT molecular complexity index is 344. The van der Waals surface area contributed by atoms with E-state index in [4.69, 9.17) is 5.73 Å². The van der Waals surface area contributed by atoms with E-state index < -0.39 is 0 Å². The molecule has 16 heavy (non-hydrogen) atoms. The predicted molar refractivity (Wildman–Crippen MR) is 78.7 cm³/mol. The molecule has 0 radical (unpaired) electrons. The summed E-state index contributed by atoms with van der Waals surface area (Å²) >= 11 is 2.35. The van der Waals surface area contributed by atoms with E-state index in [0.29, 0.717) is 6.04 Å². The average Bonchev–Trinajstić information content (AvgIpc) is 2.51. The number of hydrogen-bond acceptors (Lipinski definition) is 2. The molecule has 0 heterocycles. The van der Waals surface area contributed by atoms with Crippen LogP contribution in [0.25, 0.3) is 0 Å². The maximum atomic E-state index is 5.75. The minimum absolute atomic E-state index is 0.652. The maximum Gasteiger partial charge on any atom is 0.0479 e. The van der Waals surface area contributed by atoms with Gasteiger partial charge in [0.1, 0.15) is 0 Å². The summed E-state index contributed by atoms with van der Waals surface area (Å²) < 4.78 is 1.22. The van der Waals surface area contributed by atoms with Crippen molar-refractivity contribution in [2.45, 2.75) is 44.6 Å². The van der Waals surface area contributed by atoms with Crippen molar-refractivity contribution in [2.75, 3.05) is 11.1 Å². The summed E-state index contributed by atoms with van der Waals surface area (Å²) in [6, 6.07) is 6.75. The van der Waals surface area contributed by atoms with Crippen LogP contribution in [0.5, 0.6) is 0 Å². The van der Waals surface area contributed by atoms with Gasteiger partial charge in [-0.15, -0.1) is 0 Å². The molecule has 1 aliphatic rings. The molecule has 1 aliphatic carbocycles. The van der Waals surface area contributed by atoms with Gasteiger partial charge in [0.25, 0.3) is 0 Å². The van der Waals surface area contributed by atoms with Crippen molar-refractivity contribution in [3.05, 3.63) is 21.8 Å². The number of hydrogen-bond donors (Lipinski definition) is 2. The Kier molecular flexibility index (Phi) is 4.32. The van der Waals surface area contributed by atoms with Crippen LogP contribution in [0.1, 0.15) is 38.5 Å². The van der Waals surface area contributed by atoms with Crippen LogP contribution in [0, 0.1) is 3.57 Å². The van der Waals surface area contributed by atoms with Crippen molar-refractivity contribution in [3.63, 3.8) is 0 Å². The van der Waals surface area contributed by atoms with Crippen molar-refractivity contribution in [3.8, 4) is 0 Å². The van der Waals surface area contributed by atoms with Crippen LogP contribution < -0.4 is 11.1 Å². The van der Waals surface area contributed by atoms with Crippen molar-refractivity contribution in [1.82, 2.24) is 0 Å². The van der Waals surface area contributed by atoms with Gasteiger partial charge in [0.05, 0.1) is 0 Å². The van der Waals surface area contributed by atoms with Gasteiger partial charge in [0.2, 0.25) is 0 Å². The first-order chi connectivity index (χ1) is 7.75. The first kappa shape index (κ1) is 12.0. The fraction of sp³-hybridized carbons (Fsp3) is 0.538. The average molecular weight is 330 g/mol. The van der Waals surface area contributed by atoms with Crippen LogP contribution in [0.2, 0.25) is 0 Å². The van der Waals surface area contributed by atoms with Crippen LogP contribution in [0.4, 0.5) is 11.4 Å². The molecule has 0 unspecified atom stereocenters. The minimum atomic E-state index is 0.652. The lowest BCUT2D eigenvalue weighted by Crippen LogP contribution is -2.18. The van der Waals surface area contributed by atoms with E-state index in [1.165, 1.54) is 47.8 Å². The Morgan fingerprint density at radius 1 is 1.12 bits per heavy atom. The molecule has 3 heteroatoms. The van der Waals surface area contributed by atoms with Crippen molar-refractivity contribution < 1.29 is 0 Å². The Balaban J connectivity index is 2.01. The predicted octanol–water partition coefficient (Wildman–Crippen LogP) is 4.01. The van der Waals surface area contributed by atoms with E-state index in [0.717, 1.165) is 5.69 Å².